The van der Waals surface area contributed by atoms with Crippen LogP contribution in [0.15, 0.2) is 18.2 Å². The van der Waals surface area contributed by atoms with Crippen LogP contribution in [-0.4, -0.2) is 77.7 Å². The molecule has 11 nitrogen and oxygen atoms in total. The molecule has 2 heterocycles. The summed E-state index contributed by atoms with van der Waals surface area (Å²) in [5.41, 5.74) is -0.443. The zero-order chi connectivity index (χ0) is 33.6. The molecule has 3 aliphatic rings. The van der Waals surface area contributed by atoms with Crippen molar-refractivity contribution in [1.29, 1.82) is 0 Å². The van der Waals surface area contributed by atoms with Gasteiger partial charge in [-0.3, -0.25) is 34.1 Å². The fourth-order valence-corrected chi connectivity index (χ4v) is 6.18. The van der Waals surface area contributed by atoms with Crippen LogP contribution < -0.4 is 20.7 Å². The first-order valence-corrected chi connectivity index (χ1v) is 14.3. The topological polar surface area (TPSA) is 151 Å². The third-order valence-corrected chi connectivity index (χ3v) is 8.79. The summed E-state index contributed by atoms with van der Waals surface area (Å²) in [5.74, 6) is -11.1. The van der Waals surface area contributed by atoms with Gasteiger partial charge < -0.3 is 20.3 Å². The highest BCUT2D eigenvalue weighted by Gasteiger charge is 2.69. The summed E-state index contributed by atoms with van der Waals surface area (Å²) in [6.45, 7) is 5.74. The lowest BCUT2D eigenvalue weighted by molar-refractivity contribution is -0.175. The summed E-state index contributed by atoms with van der Waals surface area (Å²) in [7, 11) is 0. The van der Waals surface area contributed by atoms with Gasteiger partial charge in [-0.1, -0.05) is 27.7 Å². The monoisotopic (exact) mass is 644 g/mol. The molecule has 6 atom stereocenters. The molecule has 0 spiro atoms. The molecule has 0 unspecified atom stereocenters. The Hall–Kier alpha value is -4.11. The first-order valence-electron chi connectivity index (χ1n) is 14.3. The molecule has 2 aliphatic heterocycles. The Bertz CT molecular complexity index is 1420. The molecular weight excluding hydrogens is 611 g/mol. The summed E-state index contributed by atoms with van der Waals surface area (Å²) < 4.78 is 71.6. The van der Waals surface area contributed by atoms with Crippen molar-refractivity contribution in [2.24, 2.45) is 29.1 Å². The van der Waals surface area contributed by atoms with Gasteiger partial charge >= 0.3 is 12.1 Å². The molecule has 16 heteroatoms. The van der Waals surface area contributed by atoms with Crippen LogP contribution in [0.25, 0.3) is 0 Å². The highest BCUT2D eigenvalue weighted by Crippen LogP contribution is 2.65. The number of ketones is 1. The van der Waals surface area contributed by atoms with Crippen molar-refractivity contribution in [1.82, 2.24) is 20.9 Å². The van der Waals surface area contributed by atoms with Crippen LogP contribution in [-0.2, 0) is 28.8 Å². The molecular formula is C29H33F5N4O7. The summed E-state index contributed by atoms with van der Waals surface area (Å²) in [4.78, 5) is 77.5. The first-order chi connectivity index (χ1) is 20.8. The van der Waals surface area contributed by atoms with E-state index in [0.717, 1.165) is 17.0 Å². The van der Waals surface area contributed by atoms with Crippen LogP contribution in [0.2, 0.25) is 0 Å². The number of nitrogens with zero attached hydrogens (tertiary/aromatic N) is 1. The molecule has 1 aliphatic carbocycles. The number of hydrogen-bond acceptors (Lipinski definition) is 7. The second-order valence-corrected chi connectivity index (χ2v) is 12.5. The molecule has 0 aromatic heterocycles. The Morgan fingerprint density at radius 1 is 1.11 bits per heavy atom. The number of carbonyl (C=O) groups excluding carboxylic acids is 6. The molecule has 2 saturated heterocycles. The number of imide groups is 1. The number of carbonyl (C=O) groups is 6. The van der Waals surface area contributed by atoms with Crippen molar-refractivity contribution >= 4 is 35.3 Å². The minimum Gasteiger partial charge on any atom is -0.483 e. The number of piperidine rings is 1. The van der Waals surface area contributed by atoms with Crippen LogP contribution in [0.5, 0.6) is 5.75 Å². The summed E-state index contributed by atoms with van der Waals surface area (Å²) in [5, 5.41) is 6.33. The smallest absolute Gasteiger partial charge is 0.471 e. The highest BCUT2D eigenvalue weighted by molar-refractivity contribution is 6.04. The van der Waals surface area contributed by atoms with E-state index < -0.39 is 107 Å². The van der Waals surface area contributed by atoms with Gasteiger partial charge in [-0.05, 0) is 41.7 Å². The van der Waals surface area contributed by atoms with Crippen molar-refractivity contribution < 1.29 is 55.5 Å². The van der Waals surface area contributed by atoms with E-state index in [1.165, 1.54) is 13.8 Å². The van der Waals surface area contributed by atoms with Crippen molar-refractivity contribution in [2.75, 3.05) is 13.2 Å². The second kappa shape index (κ2) is 12.4. The molecule has 1 saturated carbocycles. The van der Waals surface area contributed by atoms with E-state index in [9.17, 15) is 50.7 Å². The number of rotatable bonds is 11. The van der Waals surface area contributed by atoms with Crippen LogP contribution in [0.4, 0.5) is 22.0 Å². The zero-order valence-electron chi connectivity index (χ0n) is 24.8. The number of alkyl halides is 3. The Kier molecular flexibility index (Phi) is 9.27. The second-order valence-electron chi connectivity index (χ2n) is 12.5. The maximum atomic E-state index is 14.1. The molecule has 4 rings (SSSR count). The number of benzene rings is 1. The predicted octanol–water partition coefficient (Wildman–Crippen LogP) is 1.64. The molecule has 3 N–H and O–H groups in total. The molecule has 246 valence electrons. The van der Waals surface area contributed by atoms with Crippen LogP contribution in [0, 0.1) is 40.7 Å². The number of amides is 5. The number of likely N-dealkylation sites (tertiary alicyclic amines) is 1. The van der Waals surface area contributed by atoms with E-state index in [4.69, 9.17) is 4.74 Å². The molecule has 5 amide bonds. The number of hydrogen-bond donors (Lipinski definition) is 3. The fourth-order valence-electron chi connectivity index (χ4n) is 6.18. The average molecular weight is 645 g/mol. The Labute approximate surface area is 254 Å². The summed E-state index contributed by atoms with van der Waals surface area (Å²) >= 11 is 0. The Morgan fingerprint density at radius 3 is 2.33 bits per heavy atom. The fraction of sp³-hybridized carbons (Fsp3) is 0.586. The van der Waals surface area contributed by atoms with E-state index in [0.29, 0.717) is 6.07 Å². The molecule has 3 fully saturated rings. The van der Waals surface area contributed by atoms with Gasteiger partial charge in [0.1, 0.15) is 24.5 Å². The third-order valence-electron chi connectivity index (χ3n) is 8.79. The zero-order valence-corrected chi connectivity index (χ0v) is 24.8. The first kappa shape index (κ1) is 33.8. The van der Waals surface area contributed by atoms with Gasteiger partial charge in [0.2, 0.25) is 23.6 Å². The maximum absolute atomic E-state index is 14.1. The number of Topliss-reactive ketones (excluding diaryl/α,β-unsaturated/α-hetero) is 1. The van der Waals surface area contributed by atoms with E-state index in [2.05, 4.69) is 10.6 Å². The van der Waals surface area contributed by atoms with Crippen molar-refractivity contribution in [2.45, 2.75) is 64.8 Å². The standard InChI is InChI=1S/C29H33F5N4O7/c1-12(2)22(37-27(44)29(32,33)34)26(43)38-10-15-21(28(15,3)4)23(38)25(42)35-17(7-13-8-20(40)36-24(13)41)18(39)11-45-19-6-5-14(30)9-16(19)31/h5-6,9,12-13,15,17,21-23H,7-8,10-11H2,1-4H3,(H,35,42)(H,37,44)(H,36,40,41)/t13-,15+,17+,21+,22+,23+/m1/s1. The van der Waals surface area contributed by atoms with Crippen molar-refractivity contribution in [3.63, 3.8) is 0 Å². The summed E-state index contributed by atoms with van der Waals surface area (Å²) in [6.07, 6.45) is -5.88. The molecule has 0 bridgehead atoms. The Morgan fingerprint density at radius 2 is 1.78 bits per heavy atom. The lowest BCUT2D eigenvalue weighted by Crippen LogP contribution is -2.59. The lowest BCUT2D eigenvalue weighted by atomic mass is 9.94. The van der Waals surface area contributed by atoms with Crippen LogP contribution in [0.1, 0.15) is 40.5 Å². The number of ether oxygens (including phenoxy) is 1. The third kappa shape index (κ3) is 7.09. The maximum Gasteiger partial charge on any atom is 0.471 e. The normalized spacial score (nSPS) is 24.9. The SMILES string of the molecule is CC(C)[C@H](NC(=O)C(F)(F)F)C(=O)N1C[C@H]2[C@@H]([C@H]1C(=O)N[C@@H](C[C@@H]1CC(=O)NC1=O)C(=O)COc1ccc(F)cc1F)C2(C)C. The lowest BCUT2D eigenvalue weighted by Gasteiger charge is -2.35. The van der Waals surface area contributed by atoms with E-state index in [1.807, 2.05) is 13.8 Å². The number of fused-ring (bicyclic) bond motifs is 1. The van der Waals surface area contributed by atoms with Gasteiger partial charge in [-0.2, -0.15) is 13.2 Å². The van der Waals surface area contributed by atoms with E-state index in [1.54, 1.807) is 5.32 Å². The van der Waals surface area contributed by atoms with Crippen molar-refractivity contribution in [3.8, 4) is 5.75 Å². The van der Waals surface area contributed by atoms with Gasteiger partial charge in [0.25, 0.3) is 0 Å². The van der Waals surface area contributed by atoms with Crippen LogP contribution >= 0.6 is 0 Å². The predicted molar refractivity (Wildman–Crippen MR) is 144 cm³/mol. The van der Waals surface area contributed by atoms with Crippen molar-refractivity contribution in [3.05, 3.63) is 29.8 Å². The van der Waals surface area contributed by atoms with E-state index in [-0.39, 0.29) is 25.3 Å². The molecule has 0 radical (unpaired) electrons. The van der Waals surface area contributed by atoms with Gasteiger partial charge in [0, 0.05) is 24.9 Å². The van der Waals surface area contributed by atoms with Crippen LogP contribution in [0.3, 0.4) is 0 Å². The van der Waals surface area contributed by atoms with E-state index >= 15 is 0 Å². The molecule has 1 aromatic carbocycles. The highest BCUT2D eigenvalue weighted by atomic mass is 19.4. The number of halogens is 5. The minimum atomic E-state index is -5.25. The number of nitrogens with one attached hydrogen (secondary N) is 3. The minimum absolute atomic E-state index is 0.00476. The van der Waals surface area contributed by atoms with Gasteiger partial charge in [0.05, 0.1) is 6.04 Å². The average Bonchev–Trinajstić information content (AvgIpc) is 3.22. The van der Waals surface area contributed by atoms with Gasteiger partial charge in [0.15, 0.2) is 17.3 Å². The molecule has 45 heavy (non-hydrogen) atoms. The van der Waals surface area contributed by atoms with Gasteiger partial charge in [-0.15, -0.1) is 0 Å². The largest absolute Gasteiger partial charge is 0.483 e. The quantitative estimate of drug-likeness (QED) is 0.245. The summed E-state index contributed by atoms with van der Waals surface area (Å²) in [6, 6.07) is -1.93. The Balaban J connectivity index is 1.56. The van der Waals surface area contributed by atoms with Gasteiger partial charge in [-0.25, -0.2) is 8.78 Å². The molecule has 1 aromatic rings.